The SMILES string of the molecule is Cc1cc(F)ccc1C1C2C(n3cnnc3)CC(=O)N2C[C@@H]1C[C@H](C)c1cc(C(F)(F)F)cc(C(F)(F)F)c1. The van der Waals surface area contributed by atoms with Crippen LogP contribution in [0.2, 0.25) is 0 Å². The van der Waals surface area contributed by atoms with Crippen molar-refractivity contribution in [3.05, 3.63) is 82.7 Å². The summed E-state index contributed by atoms with van der Waals surface area (Å²) in [5.74, 6) is -1.87. The molecule has 0 N–H and O–H groups in total. The first-order chi connectivity index (χ1) is 18.2. The minimum atomic E-state index is -4.95. The van der Waals surface area contributed by atoms with Crippen LogP contribution in [0, 0.1) is 18.7 Å². The number of nitrogens with zero attached hydrogens (tertiary/aromatic N) is 4. The van der Waals surface area contributed by atoms with Crippen LogP contribution in [0.1, 0.15) is 65.5 Å². The highest BCUT2D eigenvalue weighted by atomic mass is 19.4. The largest absolute Gasteiger partial charge is 0.416 e. The average molecular weight is 555 g/mol. The van der Waals surface area contributed by atoms with Crippen LogP contribution >= 0.6 is 0 Å². The van der Waals surface area contributed by atoms with Gasteiger partial charge in [-0.1, -0.05) is 13.0 Å². The van der Waals surface area contributed by atoms with Crippen LogP contribution in [-0.2, 0) is 17.1 Å². The maximum Gasteiger partial charge on any atom is 0.416 e. The van der Waals surface area contributed by atoms with E-state index in [9.17, 15) is 35.5 Å². The molecule has 5 rings (SSSR count). The van der Waals surface area contributed by atoms with Gasteiger partial charge in [0, 0.05) is 18.9 Å². The van der Waals surface area contributed by atoms with Gasteiger partial charge < -0.3 is 9.47 Å². The van der Waals surface area contributed by atoms with Crippen molar-refractivity contribution in [2.75, 3.05) is 6.54 Å². The molecule has 3 heterocycles. The van der Waals surface area contributed by atoms with Crippen LogP contribution in [-0.4, -0.2) is 38.2 Å². The first kappa shape index (κ1) is 27.1. The van der Waals surface area contributed by atoms with E-state index in [4.69, 9.17) is 0 Å². The lowest BCUT2D eigenvalue weighted by Gasteiger charge is -2.31. The normalized spacial score (nSPS) is 24.3. The molecule has 2 fully saturated rings. The van der Waals surface area contributed by atoms with Gasteiger partial charge in [-0.2, -0.15) is 26.3 Å². The molecule has 5 atom stereocenters. The first-order valence-electron chi connectivity index (χ1n) is 12.4. The van der Waals surface area contributed by atoms with Gasteiger partial charge in [0.2, 0.25) is 5.91 Å². The highest BCUT2D eigenvalue weighted by molar-refractivity contribution is 5.80. The van der Waals surface area contributed by atoms with Gasteiger partial charge in [-0.15, -0.1) is 10.2 Å². The monoisotopic (exact) mass is 554 g/mol. The van der Waals surface area contributed by atoms with E-state index in [1.54, 1.807) is 29.4 Å². The van der Waals surface area contributed by atoms with Crippen LogP contribution in [0.3, 0.4) is 0 Å². The summed E-state index contributed by atoms with van der Waals surface area (Å²) in [4.78, 5) is 14.8. The van der Waals surface area contributed by atoms with Gasteiger partial charge in [0.15, 0.2) is 0 Å². The third-order valence-corrected chi connectivity index (χ3v) is 8.01. The van der Waals surface area contributed by atoms with Gasteiger partial charge in [0.25, 0.3) is 0 Å². The highest BCUT2D eigenvalue weighted by Crippen LogP contribution is 2.51. The van der Waals surface area contributed by atoms with Crippen LogP contribution in [0.25, 0.3) is 0 Å². The fourth-order valence-electron chi connectivity index (χ4n) is 6.28. The molecule has 208 valence electrons. The van der Waals surface area contributed by atoms with Crippen molar-refractivity contribution in [3.8, 4) is 0 Å². The molecule has 0 bridgehead atoms. The fraction of sp³-hybridized carbons (Fsp3) is 0.444. The Kier molecular flexibility index (Phi) is 6.70. The number of aryl methyl sites for hydroxylation is 1. The van der Waals surface area contributed by atoms with E-state index in [1.807, 2.05) is 0 Å². The summed E-state index contributed by atoms with van der Waals surface area (Å²) in [6.07, 6.45) is -6.46. The molecule has 0 saturated carbocycles. The quantitative estimate of drug-likeness (QED) is 0.338. The number of hydrogen-bond donors (Lipinski definition) is 0. The number of amides is 1. The third-order valence-electron chi connectivity index (χ3n) is 8.01. The summed E-state index contributed by atoms with van der Waals surface area (Å²) in [6, 6.07) is 5.31. The Labute approximate surface area is 219 Å². The minimum absolute atomic E-state index is 0.0829. The molecule has 2 aliphatic heterocycles. The number of alkyl halides is 6. The maximum atomic E-state index is 14.0. The van der Waals surface area contributed by atoms with E-state index in [1.165, 1.54) is 24.8 Å². The van der Waals surface area contributed by atoms with Gasteiger partial charge in [-0.05, 0) is 72.2 Å². The van der Waals surface area contributed by atoms with Gasteiger partial charge in [0.05, 0.1) is 23.2 Å². The lowest BCUT2D eigenvalue weighted by Crippen LogP contribution is -2.33. The zero-order valence-corrected chi connectivity index (χ0v) is 21.0. The van der Waals surface area contributed by atoms with E-state index < -0.39 is 35.2 Å². The lowest BCUT2D eigenvalue weighted by molar-refractivity contribution is -0.143. The number of carbonyl (C=O) groups excluding carboxylic acids is 1. The van der Waals surface area contributed by atoms with Crippen molar-refractivity contribution in [2.24, 2.45) is 5.92 Å². The molecule has 0 radical (unpaired) electrons. The van der Waals surface area contributed by atoms with E-state index in [-0.39, 0.29) is 60.8 Å². The third kappa shape index (κ3) is 5.12. The number of halogens is 7. The molecule has 3 unspecified atom stereocenters. The van der Waals surface area contributed by atoms with E-state index in [0.29, 0.717) is 5.56 Å². The number of fused-ring (bicyclic) bond motifs is 1. The van der Waals surface area contributed by atoms with Crippen LogP contribution in [0.15, 0.2) is 49.1 Å². The molecular formula is C27H25F7N4O. The number of carbonyl (C=O) groups is 1. The van der Waals surface area contributed by atoms with E-state index >= 15 is 0 Å². The molecular weight excluding hydrogens is 529 g/mol. The Morgan fingerprint density at radius 1 is 0.974 bits per heavy atom. The Morgan fingerprint density at radius 3 is 2.15 bits per heavy atom. The summed E-state index contributed by atoms with van der Waals surface area (Å²) < 4.78 is 96.7. The highest BCUT2D eigenvalue weighted by Gasteiger charge is 2.53. The van der Waals surface area contributed by atoms with Crippen molar-refractivity contribution in [3.63, 3.8) is 0 Å². The van der Waals surface area contributed by atoms with Crippen molar-refractivity contribution >= 4 is 5.91 Å². The summed E-state index contributed by atoms with van der Waals surface area (Å²) in [5.41, 5.74) is -1.37. The molecule has 0 aliphatic carbocycles. The molecule has 1 amide bonds. The van der Waals surface area contributed by atoms with E-state index in [0.717, 1.165) is 17.7 Å². The minimum Gasteiger partial charge on any atom is -0.337 e. The molecule has 2 saturated heterocycles. The molecule has 1 aromatic heterocycles. The summed E-state index contributed by atoms with van der Waals surface area (Å²) in [6.45, 7) is 3.61. The summed E-state index contributed by atoms with van der Waals surface area (Å²) in [7, 11) is 0. The number of aromatic nitrogens is 3. The Hall–Kier alpha value is -3.44. The zero-order chi connectivity index (χ0) is 28.3. The second kappa shape index (κ2) is 9.63. The average Bonchev–Trinajstić information content (AvgIpc) is 3.56. The molecule has 12 heteroatoms. The van der Waals surface area contributed by atoms with Crippen LogP contribution in [0.4, 0.5) is 30.7 Å². The fourth-order valence-corrected chi connectivity index (χ4v) is 6.28. The lowest BCUT2D eigenvalue weighted by atomic mass is 9.75. The Balaban J connectivity index is 1.54. The number of benzene rings is 2. The van der Waals surface area contributed by atoms with Crippen LogP contribution in [0.5, 0.6) is 0 Å². The second-order valence-corrected chi connectivity index (χ2v) is 10.5. The molecule has 39 heavy (non-hydrogen) atoms. The van der Waals surface area contributed by atoms with E-state index in [2.05, 4.69) is 10.2 Å². The second-order valence-electron chi connectivity index (χ2n) is 10.5. The molecule has 2 aliphatic rings. The van der Waals surface area contributed by atoms with Gasteiger partial charge in [0.1, 0.15) is 18.5 Å². The molecule has 2 aromatic carbocycles. The van der Waals surface area contributed by atoms with Gasteiger partial charge >= 0.3 is 12.4 Å². The maximum absolute atomic E-state index is 14.0. The number of rotatable bonds is 5. The van der Waals surface area contributed by atoms with Crippen molar-refractivity contribution in [2.45, 2.75) is 63.0 Å². The predicted molar refractivity (Wildman–Crippen MR) is 126 cm³/mol. The van der Waals surface area contributed by atoms with Crippen molar-refractivity contribution in [1.29, 1.82) is 0 Å². The van der Waals surface area contributed by atoms with Crippen LogP contribution < -0.4 is 0 Å². The molecule has 0 spiro atoms. The molecule has 5 nitrogen and oxygen atoms in total. The van der Waals surface area contributed by atoms with Gasteiger partial charge in [-0.3, -0.25) is 4.79 Å². The first-order valence-corrected chi connectivity index (χ1v) is 12.4. The molecule has 3 aromatic rings. The standard InChI is InChI=1S/C27H25F7N4O/c1-14(16-7-18(26(29,30)31)9-19(8-16)27(32,33)34)5-17-11-38-23(39)10-22(37-12-35-36-13-37)25(38)24(17)21-4-3-20(28)6-15(21)2/h3-4,6-9,12-14,17,22,24-25H,5,10-11H2,1-2H3/t14-,17-,22?,24?,25?/m0/s1. The topological polar surface area (TPSA) is 51.0 Å². The smallest absolute Gasteiger partial charge is 0.337 e. The Morgan fingerprint density at radius 2 is 1.59 bits per heavy atom. The van der Waals surface area contributed by atoms with Crippen molar-refractivity contribution in [1.82, 2.24) is 19.7 Å². The number of hydrogen-bond acceptors (Lipinski definition) is 3. The van der Waals surface area contributed by atoms with Crippen molar-refractivity contribution < 1.29 is 35.5 Å². The van der Waals surface area contributed by atoms with Gasteiger partial charge in [-0.25, -0.2) is 4.39 Å². The Bertz CT molecular complexity index is 1340. The predicted octanol–water partition coefficient (Wildman–Crippen LogP) is 6.51. The zero-order valence-electron chi connectivity index (χ0n) is 21.0. The summed E-state index contributed by atoms with van der Waals surface area (Å²) >= 11 is 0. The summed E-state index contributed by atoms with van der Waals surface area (Å²) in [5, 5.41) is 7.69.